The third-order valence-electron chi connectivity index (χ3n) is 2.20. The molecular formula is C10H13N3O2. The molecule has 3 N–H and O–H groups in total. The number of nitrogen functional groups attached to an aromatic ring is 1. The summed E-state index contributed by atoms with van der Waals surface area (Å²) in [5, 5.41) is 7.18. The van der Waals surface area contributed by atoms with Crippen molar-refractivity contribution in [3.63, 3.8) is 0 Å². The molecule has 2 heterocycles. The van der Waals surface area contributed by atoms with Crippen LogP contribution in [0.15, 0.2) is 18.3 Å². The van der Waals surface area contributed by atoms with E-state index in [4.69, 9.17) is 20.6 Å². The zero-order valence-corrected chi connectivity index (χ0v) is 8.27. The van der Waals surface area contributed by atoms with Crippen LogP contribution >= 0.6 is 0 Å². The molecule has 0 spiro atoms. The first kappa shape index (κ1) is 9.92. The van der Waals surface area contributed by atoms with Crippen LogP contribution in [0, 0.1) is 5.41 Å². The third kappa shape index (κ3) is 2.44. The van der Waals surface area contributed by atoms with Crippen LogP contribution in [0.4, 0.5) is 0 Å². The maximum atomic E-state index is 7.18. The molecule has 0 saturated carbocycles. The quantitative estimate of drug-likeness (QED) is 0.559. The smallest absolute Gasteiger partial charge is 0.141 e. The number of nitrogens with one attached hydrogen (secondary N) is 1. The number of ether oxygens (including phenoxy) is 2. The Hall–Kier alpha value is -1.62. The van der Waals surface area contributed by atoms with Crippen LogP contribution < -0.4 is 10.5 Å². The highest BCUT2D eigenvalue weighted by Crippen LogP contribution is 2.15. The van der Waals surface area contributed by atoms with Crippen LogP contribution in [0.3, 0.4) is 0 Å². The molecule has 0 aliphatic carbocycles. The molecule has 15 heavy (non-hydrogen) atoms. The van der Waals surface area contributed by atoms with Crippen molar-refractivity contribution in [2.24, 2.45) is 5.73 Å². The van der Waals surface area contributed by atoms with Gasteiger partial charge in [0.05, 0.1) is 19.4 Å². The van der Waals surface area contributed by atoms with E-state index in [2.05, 4.69) is 4.98 Å². The predicted molar refractivity (Wildman–Crippen MR) is 55.1 cm³/mol. The zero-order chi connectivity index (χ0) is 10.7. The number of nitrogens with zero attached hydrogens (tertiary/aromatic N) is 1. The average molecular weight is 207 g/mol. The van der Waals surface area contributed by atoms with Gasteiger partial charge in [0.15, 0.2) is 0 Å². The van der Waals surface area contributed by atoms with E-state index in [0.29, 0.717) is 18.1 Å². The first-order chi connectivity index (χ1) is 7.25. The van der Waals surface area contributed by atoms with Gasteiger partial charge in [-0.1, -0.05) is 0 Å². The van der Waals surface area contributed by atoms with E-state index in [1.54, 1.807) is 18.3 Å². The van der Waals surface area contributed by atoms with E-state index in [-0.39, 0.29) is 11.9 Å². The number of pyridine rings is 1. The molecule has 2 rings (SSSR count). The first-order valence-electron chi connectivity index (χ1n) is 4.80. The van der Waals surface area contributed by atoms with Crippen LogP contribution in [0.25, 0.3) is 0 Å². The van der Waals surface area contributed by atoms with Crippen molar-refractivity contribution < 1.29 is 9.47 Å². The van der Waals surface area contributed by atoms with Crippen LogP contribution in [-0.4, -0.2) is 30.1 Å². The molecule has 1 saturated heterocycles. The Morgan fingerprint density at radius 3 is 3.00 bits per heavy atom. The summed E-state index contributed by atoms with van der Waals surface area (Å²) in [4.78, 5) is 4.00. The van der Waals surface area contributed by atoms with Crippen molar-refractivity contribution >= 4 is 5.84 Å². The molecular weight excluding hydrogens is 194 g/mol. The van der Waals surface area contributed by atoms with E-state index in [1.165, 1.54) is 0 Å². The maximum absolute atomic E-state index is 7.18. The summed E-state index contributed by atoms with van der Waals surface area (Å²) in [6, 6.07) is 3.44. The summed E-state index contributed by atoms with van der Waals surface area (Å²) in [7, 11) is 0. The van der Waals surface area contributed by atoms with Gasteiger partial charge in [0.25, 0.3) is 0 Å². The van der Waals surface area contributed by atoms with Crippen molar-refractivity contribution in [3.8, 4) is 5.75 Å². The van der Waals surface area contributed by atoms with Gasteiger partial charge < -0.3 is 15.2 Å². The van der Waals surface area contributed by atoms with E-state index in [1.807, 2.05) is 0 Å². The summed E-state index contributed by atoms with van der Waals surface area (Å²) >= 11 is 0. The molecule has 1 aromatic heterocycles. The van der Waals surface area contributed by atoms with Crippen LogP contribution in [0.2, 0.25) is 0 Å². The Kier molecular flexibility index (Phi) is 2.82. The van der Waals surface area contributed by atoms with Crippen molar-refractivity contribution in [3.05, 3.63) is 24.0 Å². The molecule has 0 bridgehead atoms. The van der Waals surface area contributed by atoms with E-state index >= 15 is 0 Å². The molecule has 1 unspecified atom stereocenters. The zero-order valence-electron chi connectivity index (χ0n) is 8.27. The lowest BCUT2D eigenvalue weighted by molar-refractivity contribution is 0.141. The highest BCUT2D eigenvalue weighted by atomic mass is 16.5. The number of amidine groups is 1. The highest BCUT2D eigenvalue weighted by molar-refractivity contribution is 5.92. The lowest BCUT2D eigenvalue weighted by Crippen LogP contribution is -2.16. The number of rotatable bonds is 3. The van der Waals surface area contributed by atoms with Gasteiger partial charge in [-0.2, -0.15) is 0 Å². The largest absolute Gasteiger partial charge is 0.486 e. The minimum Gasteiger partial charge on any atom is -0.486 e. The van der Waals surface area contributed by atoms with E-state index in [9.17, 15) is 0 Å². The summed E-state index contributed by atoms with van der Waals surface area (Å²) in [6.45, 7) is 1.39. The van der Waals surface area contributed by atoms with Crippen LogP contribution in [-0.2, 0) is 4.74 Å². The minimum absolute atomic E-state index is 0.0363. The average Bonchev–Trinajstić information content (AvgIpc) is 2.71. The number of hydrogen-bond acceptors (Lipinski definition) is 4. The summed E-state index contributed by atoms with van der Waals surface area (Å²) < 4.78 is 10.8. The Bertz CT molecular complexity index is 344. The first-order valence-corrected chi connectivity index (χ1v) is 4.80. The number of hydrogen-bond donors (Lipinski definition) is 2. The monoisotopic (exact) mass is 207 g/mol. The molecule has 5 heteroatoms. The Morgan fingerprint density at radius 2 is 2.47 bits per heavy atom. The van der Waals surface area contributed by atoms with Gasteiger partial charge >= 0.3 is 0 Å². The summed E-state index contributed by atoms with van der Waals surface area (Å²) in [5.74, 6) is 0.654. The van der Waals surface area contributed by atoms with E-state index < -0.39 is 0 Å². The topological polar surface area (TPSA) is 81.2 Å². The molecule has 0 radical (unpaired) electrons. The van der Waals surface area contributed by atoms with Gasteiger partial charge in [-0.05, 0) is 12.1 Å². The van der Waals surface area contributed by atoms with Crippen LogP contribution in [0.1, 0.15) is 12.1 Å². The third-order valence-corrected chi connectivity index (χ3v) is 2.20. The van der Waals surface area contributed by atoms with Gasteiger partial charge in [-0.15, -0.1) is 0 Å². The second-order valence-corrected chi connectivity index (χ2v) is 3.40. The predicted octanol–water partition coefficient (Wildman–Crippen LogP) is 0.533. The molecule has 5 nitrogen and oxygen atoms in total. The lowest BCUT2D eigenvalue weighted by atomic mass is 10.3. The molecule has 1 fully saturated rings. The van der Waals surface area contributed by atoms with Gasteiger partial charge in [0.1, 0.15) is 23.4 Å². The molecule has 1 aliphatic rings. The number of nitrogens with two attached hydrogens (primary N) is 1. The fourth-order valence-electron chi connectivity index (χ4n) is 1.41. The molecule has 1 atom stereocenters. The summed E-state index contributed by atoms with van der Waals surface area (Å²) in [5.41, 5.74) is 5.75. The highest BCUT2D eigenvalue weighted by Gasteiger charge is 2.17. The van der Waals surface area contributed by atoms with Crippen LogP contribution in [0.5, 0.6) is 5.75 Å². The van der Waals surface area contributed by atoms with E-state index in [0.717, 1.165) is 13.0 Å². The Labute approximate surface area is 87.7 Å². The standard InChI is InChI=1S/C10H13N3O2/c11-10(12)9-2-1-7(5-13-9)15-8-3-4-14-6-8/h1-2,5,8H,3-4,6H2,(H3,11,12). The van der Waals surface area contributed by atoms with Crippen molar-refractivity contribution in [2.75, 3.05) is 13.2 Å². The van der Waals surface area contributed by atoms with Gasteiger partial charge in [-0.25, -0.2) is 4.98 Å². The SMILES string of the molecule is N=C(N)c1ccc(OC2CCOC2)cn1. The minimum atomic E-state index is -0.0363. The summed E-state index contributed by atoms with van der Waals surface area (Å²) in [6.07, 6.45) is 2.61. The second-order valence-electron chi connectivity index (χ2n) is 3.40. The normalized spacial score (nSPS) is 20.1. The molecule has 80 valence electrons. The lowest BCUT2D eigenvalue weighted by Gasteiger charge is -2.11. The van der Waals surface area contributed by atoms with Crippen molar-refractivity contribution in [1.82, 2.24) is 4.98 Å². The number of aromatic nitrogens is 1. The molecule has 1 aliphatic heterocycles. The Balaban J connectivity index is 2.00. The van der Waals surface area contributed by atoms with Crippen molar-refractivity contribution in [2.45, 2.75) is 12.5 Å². The maximum Gasteiger partial charge on any atom is 0.141 e. The van der Waals surface area contributed by atoms with Crippen molar-refractivity contribution in [1.29, 1.82) is 5.41 Å². The Morgan fingerprint density at radius 1 is 1.60 bits per heavy atom. The molecule has 0 amide bonds. The fraction of sp³-hybridized carbons (Fsp3) is 0.400. The fourth-order valence-corrected chi connectivity index (χ4v) is 1.41. The van der Waals surface area contributed by atoms with Gasteiger partial charge in [-0.3, -0.25) is 5.41 Å². The van der Waals surface area contributed by atoms with Gasteiger partial charge in [0.2, 0.25) is 0 Å². The second kappa shape index (κ2) is 4.27. The van der Waals surface area contributed by atoms with Gasteiger partial charge in [0, 0.05) is 6.42 Å². The molecule has 0 aromatic carbocycles. The molecule has 1 aromatic rings.